The van der Waals surface area contributed by atoms with Crippen LogP contribution >= 0.6 is 11.6 Å². The lowest BCUT2D eigenvalue weighted by atomic mass is 10.1. The lowest BCUT2D eigenvalue weighted by molar-refractivity contribution is 0.262. The number of para-hydroxylation sites is 1. The molecule has 2 amide bonds. The number of carbonyl (C=O) groups is 1. The summed E-state index contributed by atoms with van der Waals surface area (Å²) < 4.78 is 5.43. The number of rotatable bonds is 4. The van der Waals surface area contributed by atoms with E-state index in [0.717, 1.165) is 36.6 Å². The lowest BCUT2D eigenvalue weighted by Crippen LogP contribution is -2.26. The minimum absolute atomic E-state index is 0.104. The van der Waals surface area contributed by atoms with Crippen molar-refractivity contribution in [3.63, 3.8) is 0 Å². The Labute approximate surface area is 173 Å². The molecule has 29 heavy (non-hydrogen) atoms. The van der Waals surface area contributed by atoms with E-state index in [1.54, 1.807) is 18.2 Å². The molecule has 1 aromatic heterocycles. The predicted octanol–water partition coefficient (Wildman–Crippen LogP) is 5.75. The molecule has 6 nitrogen and oxygen atoms in total. The summed E-state index contributed by atoms with van der Waals surface area (Å²) in [5.41, 5.74) is 2.02. The highest BCUT2D eigenvalue weighted by atomic mass is 35.5. The van der Waals surface area contributed by atoms with Gasteiger partial charge >= 0.3 is 11.7 Å². The summed E-state index contributed by atoms with van der Waals surface area (Å²) >= 11 is 6.02. The maximum atomic E-state index is 12.7. The molecule has 0 radical (unpaired) electrons. The summed E-state index contributed by atoms with van der Waals surface area (Å²) in [4.78, 5) is 25.3. The predicted molar refractivity (Wildman–Crippen MR) is 117 cm³/mol. The van der Waals surface area contributed by atoms with Crippen LogP contribution in [0.5, 0.6) is 0 Å². The Morgan fingerprint density at radius 2 is 1.83 bits per heavy atom. The summed E-state index contributed by atoms with van der Waals surface area (Å²) in [6.07, 6.45) is 4.35. The van der Waals surface area contributed by atoms with Crippen molar-refractivity contribution < 1.29 is 9.21 Å². The molecule has 4 rings (SSSR count). The number of fused-ring (bicyclic) bond motifs is 1. The Bertz CT molecular complexity index is 1120. The first-order chi connectivity index (χ1) is 14.0. The second-order valence-electron chi connectivity index (χ2n) is 7.30. The molecule has 1 fully saturated rings. The van der Waals surface area contributed by atoms with E-state index in [1.807, 2.05) is 31.2 Å². The molecule has 2 aromatic carbocycles. The van der Waals surface area contributed by atoms with Gasteiger partial charge in [-0.15, -0.1) is 0 Å². The van der Waals surface area contributed by atoms with Crippen LogP contribution in [0.4, 0.5) is 21.9 Å². The van der Waals surface area contributed by atoms with E-state index in [1.165, 1.54) is 0 Å². The Kier molecular flexibility index (Phi) is 5.45. The molecular formula is C22H22ClN3O3. The van der Waals surface area contributed by atoms with Gasteiger partial charge in [0.15, 0.2) is 5.69 Å². The van der Waals surface area contributed by atoms with Gasteiger partial charge in [-0.25, -0.2) is 9.59 Å². The lowest BCUT2D eigenvalue weighted by Gasteiger charge is -2.19. The second-order valence-corrected chi connectivity index (χ2v) is 7.74. The maximum Gasteiger partial charge on any atom is 0.362 e. The fourth-order valence-electron chi connectivity index (χ4n) is 3.68. The van der Waals surface area contributed by atoms with Gasteiger partial charge in [0.25, 0.3) is 0 Å². The van der Waals surface area contributed by atoms with Crippen LogP contribution in [-0.2, 0) is 0 Å². The molecule has 1 aliphatic rings. The molecule has 150 valence electrons. The van der Waals surface area contributed by atoms with Crippen molar-refractivity contribution in [1.29, 1.82) is 0 Å². The topological polar surface area (TPSA) is 83.4 Å². The Morgan fingerprint density at radius 3 is 2.62 bits per heavy atom. The Morgan fingerprint density at radius 1 is 1.07 bits per heavy atom. The Hall–Kier alpha value is -2.99. The highest BCUT2D eigenvalue weighted by Gasteiger charge is 2.22. The highest BCUT2D eigenvalue weighted by Crippen LogP contribution is 2.32. The molecule has 7 heteroatoms. The third kappa shape index (κ3) is 4.22. The number of anilines is 3. The molecule has 0 atom stereocenters. The first-order valence-corrected chi connectivity index (χ1v) is 10.1. The second kappa shape index (κ2) is 8.17. The normalized spacial score (nSPS) is 14.1. The van der Waals surface area contributed by atoms with E-state index in [9.17, 15) is 9.59 Å². The number of aryl methyl sites for hydroxylation is 1. The smallest absolute Gasteiger partial charge is 0.362 e. The van der Waals surface area contributed by atoms with Gasteiger partial charge in [-0.05, 0) is 49.6 Å². The van der Waals surface area contributed by atoms with Crippen LogP contribution in [0.1, 0.15) is 31.2 Å². The maximum absolute atomic E-state index is 12.7. The van der Waals surface area contributed by atoms with Crippen molar-refractivity contribution in [2.24, 2.45) is 0 Å². The average molecular weight is 412 g/mol. The van der Waals surface area contributed by atoms with Crippen LogP contribution < -0.4 is 21.6 Å². The van der Waals surface area contributed by atoms with Gasteiger partial charge in [-0.1, -0.05) is 42.6 Å². The molecular weight excluding hydrogens is 390 g/mol. The van der Waals surface area contributed by atoms with Crippen LogP contribution in [0.3, 0.4) is 0 Å². The third-order valence-corrected chi connectivity index (χ3v) is 5.44. The number of amides is 2. The van der Waals surface area contributed by atoms with Gasteiger partial charge in [-0.3, -0.25) is 5.32 Å². The Balaban J connectivity index is 1.68. The standard InChI is InChI=1S/C22H22ClN3O3/c1-13-10-11-14(23)12-17(13)25-22(28)26-20-19(24-15-6-2-3-7-15)16-8-4-5-9-18(16)29-21(20)27/h4-5,8-12,15,24H,2-3,6-7H2,1H3,(H2,25,26,28). The zero-order chi connectivity index (χ0) is 20.4. The molecule has 0 unspecified atom stereocenters. The number of hydrogen-bond donors (Lipinski definition) is 3. The summed E-state index contributed by atoms with van der Waals surface area (Å²) in [5.74, 6) is 0. The third-order valence-electron chi connectivity index (χ3n) is 5.20. The monoisotopic (exact) mass is 411 g/mol. The van der Waals surface area contributed by atoms with Crippen LogP contribution in [0.2, 0.25) is 5.02 Å². The molecule has 0 bridgehead atoms. The van der Waals surface area contributed by atoms with Gasteiger partial charge in [0.1, 0.15) is 5.58 Å². The summed E-state index contributed by atoms with van der Waals surface area (Å²) in [7, 11) is 0. The number of urea groups is 1. The van der Waals surface area contributed by atoms with Crippen LogP contribution in [0, 0.1) is 6.92 Å². The number of hydrogen-bond acceptors (Lipinski definition) is 4. The van der Waals surface area contributed by atoms with Crippen molar-refractivity contribution in [2.75, 3.05) is 16.0 Å². The number of carbonyl (C=O) groups excluding carboxylic acids is 1. The summed E-state index contributed by atoms with van der Waals surface area (Å²) in [6, 6.07) is 12.3. The van der Waals surface area contributed by atoms with E-state index in [-0.39, 0.29) is 11.7 Å². The zero-order valence-electron chi connectivity index (χ0n) is 16.0. The van der Waals surface area contributed by atoms with Gasteiger partial charge in [0, 0.05) is 22.1 Å². The van der Waals surface area contributed by atoms with Gasteiger partial charge in [0.05, 0.1) is 5.69 Å². The number of benzene rings is 2. The van der Waals surface area contributed by atoms with Crippen LogP contribution in [0.25, 0.3) is 11.0 Å². The fourth-order valence-corrected chi connectivity index (χ4v) is 3.86. The van der Waals surface area contributed by atoms with Gasteiger partial charge in [-0.2, -0.15) is 0 Å². The summed E-state index contributed by atoms with van der Waals surface area (Å²) in [5, 5.41) is 10.2. The fraction of sp³-hybridized carbons (Fsp3) is 0.273. The van der Waals surface area contributed by atoms with Crippen molar-refractivity contribution >= 4 is 45.7 Å². The minimum Gasteiger partial charge on any atom is -0.421 e. The molecule has 0 aliphatic heterocycles. The van der Waals surface area contributed by atoms with E-state index < -0.39 is 11.7 Å². The largest absolute Gasteiger partial charge is 0.421 e. The SMILES string of the molecule is Cc1ccc(Cl)cc1NC(=O)Nc1c(NC2CCCC2)c2ccccc2oc1=O. The first kappa shape index (κ1) is 19.3. The van der Waals surface area contributed by atoms with Crippen LogP contribution in [0.15, 0.2) is 51.7 Å². The summed E-state index contributed by atoms with van der Waals surface area (Å²) in [6.45, 7) is 1.86. The van der Waals surface area contributed by atoms with Crippen molar-refractivity contribution in [2.45, 2.75) is 38.6 Å². The molecule has 3 aromatic rings. The van der Waals surface area contributed by atoms with Crippen molar-refractivity contribution in [3.8, 4) is 0 Å². The van der Waals surface area contributed by atoms with Crippen LogP contribution in [-0.4, -0.2) is 12.1 Å². The molecule has 1 heterocycles. The van der Waals surface area contributed by atoms with Gasteiger partial charge in [0.2, 0.25) is 0 Å². The van der Waals surface area contributed by atoms with E-state index >= 15 is 0 Å². The van der Waals surface area contributed by atoms with Crippen molar-refractivity contribution in [1.82, 2.24) is 0 Å². The number of halogens is 1. The van der Waals surface area contributed by atoms with E-state index in [2.05, 4.69) is 16.0 Å². The minimum atomic E-state index is -0.595. The quantitative estimate of drug-likeness (QED) is 0.477. The molecule has 0 saturated heterocycles. The molecule has 1 saturated carbocycles. The van der Waals surface area contributed by atoms with E-state index in [4.69, 9.17) is 16.0 Å². The first-order valence-electron chi connectivity index (χ1n) is 9.68. The average Bonchev–Trinajstić information content (AvgIpc) is 3.20. The number of nitrogens with one attached hydrogen (secondary N) is 3. The zero-order valence-corrected chi connectivity index (χ0v) is 16.8. The van der Waals surface area contributed by atoms with Gasteiger partial charge < -0.3 is 15.1 Å². The highest BCUT2D eigenvalue weighted by molar-refractivity contribution is 6.31. The van der Waals surface area contributed by atoms with Crippen molar-refractivity contribution in [3.05, 3.63) is 63.5 Å². The molecule has 3 N–H and O–H groups in total. The molecule has 0 spiro atoms. The van der Waals surface area contributed by atoms with E-state index in [0.29, 0.717) is 22.0 Å². The molecule has 1 aliphatic carbocycles.